The summed E-state index contributed by atoms with van der Waals surface area (Å²) in [7, 11) is 1.07. The van der Waals surface area contributed by atoms with Gasteiger partial charge in [-0.3, -0.25) is 4.98 Å². The fourth-order valence-corrected chi connectivity index (χ4v) is 2.10. The summed E-state index contributed by atoms with van der Waals surface area (Å²) >= 11 is 0. The maximum atomic E-state index is 11.3. The van der Waals surface area contributed by atoms with Gasteiger partial charge in [0, 0.05) is 25.3 Å². The molecule has 0 atom stereocenters. The molecule has 0 aliphatic carbocycles. The zero-order valence-electron chi connectivity index (χ0n) is 11.9. The van der Waals surface area contributed by atoms with E-state index in [0.717, 1.165) is 18.4 Å². The first-order chi connectivity index (χ1) is 10.5. The highest BCUT2D eigenvalue weighted by molar-refractivity contribution is 6.02. The molecule has 6 heteroatoms. The third kappa shape index (κ3) is 2.96. The van der Waals surface area contributed by atoms with Gasteiger partial charge in [-0.2, -0.15) is 0 Å². The predicted molar refractivity (Wildman–Crippen MR) is 78.4 cm³/mol. The van der Waals surface area contributed by atoms with E-state index in [1.54, 1.807) is 30.5 Å². The van der Waals surface area contributed by atoms with Gasteiger partial charge in [0.05, 0.1) is 5.69 Å². The molecule has 0 aliphatic rings. The van der Waals surface area contributed by atoms with Crippen LogP contribution in [0.25, 0.3) is 11.3 Å². The van der Waals surface area contributed by atoms with Crippen LogP contribution < -0.4 is 0 Å². The van der Waals surface area contributed by atoms with Crippen LogP contribution in [0.3, 0.4) is 0 Å². The van der Waals surface area contributed by atoms with Gasteiger partial charge < -0.3 is 14.9 Å². The number of methoxy groups -OCH3 is 1. The number of aliphatic carboxylic acids is 2. The van der Waals surface area contributed by atoms with E-state index in [2.05, 4.69) is 4.98 Å². The maximum absolute atomic E-state index is 11.3. The Hall–Kier alpha value is -2.73. The molecule has 1 aromatic carbocycles. The number of benzene rings is 1. The van der Waals surface area contributed by atoms with E-state index in [-0.39, 0.29) is 6.42 Å². The Balaban J connectivity index is 2.27. The van der Waals surface area contributed by atoms with Crippen molar-refractivity contribution in [2.24, 2.45) is 0 Å². The number of nitrogens with zero attached hydrogens (tertiary/aromatic N) is 1. The molecule has 0 unspecified atom stereocenters. The van der Waals surface area contributed by atoms with Gasteiger partial charge in [-0.1, -0.05) is 30.3 Å². The molecular weight excluding hydrogens is 286 g/mol. The highest BCUT2D eigenvalue weighted by Gasteiger charge is 2.47. The van der Waals surface area contributed by atoms with Crippen molar-refractivity contribution in [3.63, 3.8) is 0 Å². The minimum Gasteiger partial charge on any atom is -0.479 e. The average molecular weight is 301 g/mol. The second-order valence-electron chi connectivity index (χ2n) is 4.73. The molecule has 1 heterocycles. The summed E-state index contributed by atoms with van der Waals surface area (Å²) in [4.78, 5) is 26.8. The first-order valence-corrected chi connectivity index (χ1v) is 6.52. The van der Waals surface area contributed by atoms with Crippen molar-refractivity contribution in [3.05, 3.63) is 54.2 Å². The van der Waals surface area contributed by atoms with Crippen LogP contribution in [0.5, 0.6) is 0 Å². The summed E-state index contributed by atoms with van der Waals surface area (Å²) in [6.45, 7) is 0. The molecule has 2 rings (SSSR count). The van der Waals surface area contributed by atoms with Gasteiger partial charge in [0.2, 0.25) is 0 Å². The van der Waals surface area contributed by atoms with Crippen LogP contribution in [0.15, 0.2) is 48.7 Å². The lowest BCUT2D eigenvalue weighted by Crippen LogP contribution is -2.50. The Kier molecular flexibility index (Phi) is 4.53. The van der Waals surface area contributed by atoms with E-state index in [1.807, 2.05) is 18.2 Å². The molecule has 0 amide bonds. The lowest BCUT2D eigenvalue weighted by Gasteiger charge is -2.23. The zero-order valence-corrected chi connectivity index (χ0v) is 11.9. The second kappa shape index (κ2) is 6.36. The number of ether oxygens (including phenoxy) is 1. The van der Waals surface area contributed by atoms with Crippen LogP contribution in [-0.2, 0) is 20.7 Å². The number of pyridine rings is 1. The molecule has 0 radical (unpaired) electrons. The van der Waals surface area contributed by atoms with Crippen LogP contribution in [0.2, 0.25) is 0 Å². The van der Waals surface area contributed by atoms with Gasteiger partial charge in [-0.05, 0) is 17.7 Å². The van der Waals surface area contributed by atoms with Crippen LogP contribution in [0.4, 0.5) is 0 Å². The summed E-state index contributed by atoms with van der Waals surface area (Å²) in [5, 5.41) is 18.3. The minimum atomic E-state index is -2.29. The van der Waals surface area contributed by atoms with Crippen LogP contribution >= 0.6 is 0 Å². The highest BCUT2D eigenvalue weighted by atomic mass is 16.5. The number of carbonyl (C=O) groups is 2. The van der Waals surface area contributed by atoms with Crippen molar-refractivity contribution in [3.8, 4) is 11.3 Å². The highest BCUT2D eigenvalue weighted by Crippen LogP contribution is 2.22. The Bertz CT molecular complexity index is 653. The fraction of sp³-hybridized carbons (Fsp3) is 0.188. The number of rotatable bonds is 6. The molecule has 6 nitrogen and oxygen atoms in total. The number of hydrogen-bond donors (Lipinski definition) is 2. The first kappa shape index (κ1) is 15.7. The van der Waals surface area contributed by atoms with Crippen molar-refractivity contribution in [2.45, 2.75) is 12.0 Å². The summed E-state index contributed by atoms with van der Waals surface area (Å²) < 4.78 is 4.77. The Morgan fingerprint density at radius 1 is 1.09 bits per heavy atom. The van der Waals surface area contributed by atoms with Crippen LogP contribution in [0.1, 0.15) is 5.56 Å². The Morgan fingerprint density at radius 3 is 2.18 bits per heavy atom. The van der Waals surface area contributed by atoms with Gasteiger partial charge >= 0.3 is 11.9 Å². The molecule has 1 aromatic heterocycles. The maximum Gasteiger partial charge on any atom is 0.348 e. The van der Waals surface area contributed by atoms with Crippen LogP contribution in [0, 0.1) is 0 Å². The van der Waals surface area contributed by atoms with E-state index in [9.17, 15) is 19.8 Å². The molecule has 0 saturated carbocycles. The van der Waals surface area contributed by atoms with Crippen molar-refractivity contribution in [1.82, 2.24) is 4.98 Å². The monoisotopic (exact) mass is 301 g/mol. The van der Waals surface area contributed by atoms with Gasteiger partial charge in [0.25, 0.3) is 5.60 Å². The smallest absolute Gasteiger partial charge is 0.348 e. The summed E-state index contributed by atoms with van der Waals surface area (Å²) in [6.07, 6.45) is 1.41. The Labute approximate surface area is 127 Å². The number of aromatic nitrogens is 1. The van der Waals surface area contributed by atoms with E-state index in [4.69, 9.17) is 4.74 Å². The lowest BCUT2D eigenvalue weighted by atomic mass is 9.93. The second-order valence-corrected chi connectivity index (χ2v) is 4.73. The first-order valence-electron chi connectivity index (χ1n) is 6.52. The SMILES string of the molecule is COC(Cc1ccc(-c2ccccn2)cc1)(C(=O)O)C(=O)O. The lowest BCUT2D eigenvalue weighted by molar-refractivity contribution is -0.179. The summed E-state index contributed by atoms with van der Waals surface area (Å²) in [5.41, 5.74) is -0.0974. The third-order valence-corrected chi connectivity index (χ3v) is 3.41. The third-order valence-electron chi connectivity index (χ3n) is 3.41. The van der Waals surface area contributed by atoms with Crippen molar-refractivity contribution >= 4 is 11.9 Å². The summed E-state index contributed by atoms with van der Waals surface area (Å²) in [6, 6.07) is 12.4. The molecule has 0 spiro atoms. The van der Waals surface area contributed by atoms with E-state index >= 15 is 0 Å². The molecule has 0 fully saturated rings. The van der Waals surface area contributed by atoms with Crippen molar-refractivity contribution in [2.75, 3.05) is 7.11 Å². The zero-order chi connectivity index (χ0) is 16.2. The van der Waals surface area contributed by atoms with E-state index in [1.165, 1.54) is 0 Å². The van der Waals surface area contributed by atoms with Gasteiger partial charge in [-0.25, -0.2) is 9.59 Å². The molecule has 0 saturated heterocycles. The van der Waals surface area contributed by atoms with Gasteiger partial charge in [0.15, 0.2) is 0 Å². The largest absolute Gasteiger partial charge is 0.479 e. The normalized spacial score (nSPS) is 11.1. The van der Waals surface area contributed by atoms with Crippen molar-refractivity contribution in [1.29, 1.82) is 0 Å². The van der Waals surface area contributed by atoms with Gasteiger partial charge in [-0.15, -0.1) is 0 Å². The average Bonchev–Trinajstić information content (AvgIpc) is 2.53. The van der Waals surface area contributed by atoms with Crippen LogP contribution in [-0.4, -0.2) is 39.8 Å². The molecule has 22 heavy (non-hydrogen) atoms. The number of carboxylic acids is 2. The quantitative estimate of drug-likeness (QED) is 0.790. The minimum absolute atomic E-state index is 0.267. The Morgan fingerprint density at radius 2 is 1.73 bits per heavy atom. The molecule has 2 N–H and O–H groups in total. The van der Waals surface area contributed by atoms with E-state index in [0.29, 0.717) is 5.56 Å². The van der Waals surface area contributed by atoms with Gasteiger partial charge in [0.1, 0.15) is 0 Å². The molecule has 0 aliphatic heterocycles. The molecule has 0 bridgehead atoms. The van der Waals surface area contributed by atoms with E-state index < -0.39 is 17.5 Å². The number of hydrogen-bond acceptors (Lipinski definition) is 4. The predicted octanol–water partition coefficient (Wildman–Crippen LogP) is 1.85. The topological polar surface area (TPSA) is 96.7 Å². The molecule has 2 aromatic rings. The fourth-order valence-electron chi connectivity index (χ4n) is 2.10. The standard InChI is InChI=1S/C16H15NO5/c1-22-16(14(18)19,15(20)21)10-11-5-7-12(8-6-11)13-4-2-3-9-17-13/h2-9H,10H2,1H3,(H,18,19)(H,20,21). The number of carboxylic acid groups (broad SMARTS) is 2. The summed E-state index contributed by atoms with van der Waals surface area (Å²) in [5.74, 6) is -3.06. The van der Waals surface area contributed by atoms with Crippen molar-refractivity contribution < 1.29 is 24.5 Å². The molecule has 114 valence electrons. The molecular formula is C16H15NO5.